The summed E-state index contributed by atoms with van der Waals surface area (Å²) in [6, 6.07) is 9.43. The van der Waals surface area contributed by atoms with Gasteiger partial charge in [0.25, 0.3) is 0 Å². The first-order chi connectivity index (χ1) is 7.39. The van der Waals surface area contributed by atoms with Crippen LogP contribution in [0.2, 0.25) is 0 Å². The summed E-state index contributed by atoms with van der Waals surface area (Å²) < 4.78 is 5.60. The number of hydrogen-bond donors (Lipinski definition) is 2. The highest BCUT2D eigenvalue weighted by atomic mass is 35.5. The van der Waals surface area contributed by atoms with Gasteiger partial charge in [-0.05, 0) is 32.9 Å². The van der Waals surface area contributed by atoms with Crippen molar-refractivity contribution in [2.75, 3.05) is 0 Å². The van der Waals surface area contributed by atoms with Crippen molar-refractivity contribution in [2.45, 2.75) is 38.1 Å². The van der Waals surface area contributed by atoms with Gasteiger partial charge in [0.15, 0.2) is 11.3 Å². The van der Waals surface area contributed by atoms with Crippen LogP contribution in [0.3, 0.4) is 0 Å². The monoisotopic (exact) mass is 243 g/mol. The smallest absolute Gasteiger partial charge is 0.193 e. The molecule has 0 radical (unpaired) electrons. The first-order valence-electron chi connectivity index (χ1n) is 5.28. The number of nitrogens with one attached hydrogen (secondary N) is 1. The fourth-order valence-electron chi connectivity index (χ4n) is 1.23. The average Bonchev–Trinajstić information content (AvgIpc) is 2.16. The van der Waals surface area contributed by atoms with E-state index >= 15 is 0 Å². The number of ether oxygens (including phenoxy) is 1. The Labute approximate surface area is 101 Å². The zero-order valence-corrected chi connectivity index (χ0v) is 10.5. The highest BCUT2D eigenvalue weighted by Gasteiger charge is 2.31. The third kappa shape index (κ3) is 4.39. The van der Waals surface area contributed by atoms with Crippen LogP contribution in [0.25, 0.3) is 0 Å². The fraction of sp³-hybridized carbons (Fsp3) is 0.500. The highest BCUT2D eigenvalue weighted by Crippen LogP contribution is 2.20. The number of alkyl halides is 1. The molecule has 3 nitrogen and oxygen atoms in total. The molecule has 2 atom stereocenters. The molecule has 0 aromatic heterocycles. The molecule has 0 saturated carbocycles. The molecule has 16 heavy (non-hydrogen) atoms. The van der Waals surface area contributed by atoms with Gasteiger partial charge < -0.3 is 9.84 Å². The minimum absolute atomic E-state index is 0.166. The minimum Gasteiger partial charge on any atom is -0.471 e. The maximum atomic E-state index is 9.77. The van der Waals surface area contributed by atoms with Crippen molar-refractivity contribution in [3.8, 4) is 5.75 Å². The number of hydrogen-bond acceptors (Lipinski definition) is 3. The topological polar surface area (TPSA) is 41.5 Å². The van der Waals surface area contributed by atoms with Crippen molar-refractivity contribution in [3.05, 3.63) is 30.3 Å². The largest absolute Gasteiger partial charge is 0.471 e. The Morgan fingerprint density at radius 3 is 2.31 bits per heavy atom. The summed E-state index contributed by atoms with van der Waals surface area (Å²) in [5.74, 6) is 0.668. The van der Waals surface area contributed by atoms with Gasteiger partial charge in [-0.25, -0.2) is 0 Å². The Kier molecular flexibility index (Phi) is 4.59. The number of halogens is 1. The standard InChI is InChI=1S/C12H18ClNO2/c1-9(2)14-11(12(3,13)15)16-10-7-5-4-6-8-10/h4-9,11,14-15H,1-3H3. The molecule has 0 saturated heterocycles. The molecular weight excluding hydrogens is 226 g/mol. The number of rotatable bonds is 5. The predicted octanol–water partition coefficient (Wildman–Crippen LogP) is 2.34. The van der Waals surface area contributed by atoms with E-state index in [1.165, 1.54) is 6.92 Å². The molecule has 0 amide bonds. The van der Waals surface area contributed by atoms with E-state index in [4.69, 9.17) is 16.3 Å². The van der Waals surface area contributed by atoms with Gasteiger partial charge in [0.1, 0.15) is 5.75 Å². The first-order valence-corrected chi connectivity index (χ1v) is 5.66. The van der Waals surface area contributed by atoms with Gasteiger partial charge in [-0.2, -0.15) is 0 Å². The molecule has 1 aromatic carbocycles. The molecule has 1 aromatic rings. The van der Waals surface area contributed by atoms with Gasteiger partial charge in [0.05, 0.1) is 0 Å². The van der Waals surface area contributed by atoms with Gasteiger partial charge in [-0.3, -0.25) is 5.32 Å². The molecule has 0 bridgehead atoms. The summed E-state index contributed by atoms with van der Waals surface area (Å²) in [5, 5.41) is 11.4. The molecule has 90 valence electrons. The van der Waals surface area contributed by atoms with E-state index in [1.54, 1.807) is 0 Å². The summed E-state index contributed by atoms with van der Waals surface area (Å²) in [7, 11) is 0. The normalized spacial score (nSPS) is 16.9. The van der Waals surface area contributed by atoms with Gasteiger partial charge in [0, 0.05) is 6.04 Å². The molecular formula is C12H18ClNO2. The summed E-state index contributed by atoms with van der Waals surface area (Å²) >= 11 is 5.86. The Bertz CT molecular complexity index is 309. The molecule has 4 heteroatoms. The van der Waals surface area contributed by atoms with Gasteiger partial charge in [-0.1, -0.05) is 29.8 Å². The summed E-state index contributed by atoms with van der Waals surface area (Å²) in [5.41, 5.74) is 0. The maximum absolute atomic E-state index is 9.77. The lowest BCUT2D eigenvalue weighted by molar-refractivity contribution is -0.00830. The molecule has 0 fully saturated rings. The third-order valence-corrected chi connectivity index (χ3v) is 2.16. The van der Waals surface area contributed by atoms with Crippen molar-refractivity contribution in [3.63, 3.8) is 0 Å². The van der Waals surface area contributed by atoms with Gasteiger partial charge >= 0.3 is 0 Å². The molecule has 2 N–H and O–H groups in total. The summed E-state index contributed by atoms with van der Waals surface area (Å²) in [6.07, 6.45) is -0.656. The van der Waals surface area contributed by atoms with Crippen LogP contribution in [-0.4, -0.2) is 22.4 Å². The van der Waals surface area contributed by atoms with Crippen LogP contribution in [-0.2, 0) is 0 Å². The Morgan fingerprint density at radius 2 is 1.88 bits per heavy atom. The Morgan fingerprint density at radius 1 is 1.31 bits per heavy atom. The van der Waals surface area contributed by atoms with Crippen molar-refractivity contribution < 1.29 is 9.84 Å². The molecule has 0 aliphatic heterocycles. The Hall–Kier alpha value is -0.770. The van der Waals surface area contributed by atoms with Crippen LogP contribution in [0.15, 0.2) is 30.3 Å². The van der Waals surface area contributed by atoms with E-state index < -0.39 is 11.3 Å². The fourth-order valence-corrected chi connectivity index (χ4v) is 1.34. The number of para-hydroxylation sites is 1. The molecule has 1 rings (SSSR count). The van der Waals surface area contributed by atoms with E-state index in [9.17, 15) is 5.11 Å². The minimum atomic E-state index is -1.46. The lowest BCUT2D eigenvalue weighted by atomic mass is 10.3. The zero-order chi connectivity index (χ0) is 12.2. The van der Waals surface area contributed by atoms with E-state index in [1.807, 2.05) is 44.2 Å². The van der Waals surface area contributed by atoms with Crippen LogP contribution in [0.4, 0.5) is 0 Å². The molecule has 0 heterocycles. The number of aliphatic hydroxyl groups is 1. The molecule has 0 aliphatic carbocycles. The van der Waals surface area contributed by atoms with E-state index in [0.29, 0.717) is 5.75 Å². The van der Waals surface area contributed by atoms with Crippen LogP contribution in [0.5, 0.6) is 5.75 Å². The van der Waals surface area contributed by atoms with Crippen molar-refractivity contribution in [2.24, 2.45) is 0 Å². The highest BCUT2D eigenvalue weighted by molar-refractivity contribution is 6.22. The first kappa shape index (κ1) is 13.3. The second-order valence-electron chi connectivity index (χ2n) is 4.16. The van der Waals surface area contributed by atoms with Crippen molar-refractivity contribution in [1.29, 1.82) is 0 Å². The SMILES string of the molecule is CC(C)NC(Oc1ccccc1)C(C)(O)Cl. The van der Waals surface area contributed by atoms with Crippen LogP contribution in [0.1, 0.15) is 20.8 Å². The Balaban J connectivity index is 2.72. The summed E-state index contributed by atoms with van der Waals surface area (Å²) in [4.78, 5) is 0. The quantitative estimate of drug-likeness (QED) is 0.616. The maximum Gasteiger partial charge on any atom is 0.193 e. The van der Waals surface area contributed by atoms with Crippen LogP contribution >= 0.6 is 11.6 Å². The summed E-state index contributed by atoms with van der Waals surface area (Å²) in [6.45, 7) is 5.42. The van der Waals surface area contributed by atoms with E-state index in [0.717, 1.165) is 0 Å². The van der Waals surface area contributed by atoms with Crippen LogP contribution < -0.4 is 10.1 Å². The lowest BCUT2D eigenvalue weighted by Crippen LogP contribution is -2.51. The predicted molar refractivity (Wildman–Crippen MR) is 65.6 cm³/mol. The van der Waals surface area contributed by atoms with Crippen molar-refractivity contribution in [1.82, 2.24) is 5.32 Å². The average molecular weight is 244 g/mol. The molecule has 2 unspecified atom stereocenters. The zero-order valence-electron chi connectivity index (χ0n) is 9.77. The van der Waals surface area contributed by atoms with Crippen molar-refractivity contribution >= 4 is 11.6 Å². The van der Waals surface area contributed by atoms with Crippen LogP contribution in [0, 0.1) is 0 Å². The second kappa shape index (κ2) is 5.53. The van der Waals surface area contributed by atoms with E-state index in [-0.39, 0.29) is 6.04 Å². The molecule has 0 spiro atoms. The van der Waals surface area contributed by atoms with Gasteiger partial charge in [0.2, 0.25) is 0 Å². The van der Waals surface area contributed by atoms with Gasteiger partial charge in [-0.15, -0.1) is 0 Å². The van der Waals surface area contributed by atoms with E-state index in [2.05, 4.69) is 5.32 Å². The second-order valence-corrected chi connectivity index (χ2v) is 4.92. The number of benzene rings is 1. The third-order valence-electron chi connectivity index (χ3n) is 1.96. The lowest BCUT2D eigenvalue weighted by Gasteiger charge is -2.30. The molecule has 0 aliphatic rings.